The lowest BCUT2D eigenvalue weighted by atomic mass is 10.3. The molecule has 0 aliphatic rings. The van der Waals surface area contributed by atoms with Crippen LogP contribution in [-0.2, 0) is 6.16 Å². The van der Waals surface area contributed by atoms with Crippen molar-refractivity contribution in [3.05, 3.63) is 121 Å². The Bertz CT molecular complexity index is 852. The van der Waals surface area contributed by atoms with Crippen LogP contribution >= 0.6 is 19.7 Å². The highest BCUT2D eigenvalue weighted by Crippen LogP contribution is 2.57. The fourth-order valence-corrected chi connectivity index (χ4v) is 7.66. The highest BCUT2D eigenvalue weighted by Gasteiger charge is 2.45. The van der Waals surface area contributed by atoms with E-state index in [1.165, 1.54) is 15.9 Å². The van der Waals surface area contributed by atoms with Crippen molar-refractivity contribution in [1.29, 1.82) is 0 Å². The van der Waals surface area contributed by atoms with E-state index in [2.05, 4.69) is 108 Å². The quantitative estimate of drug-likeness (QED) is 0.445. The lowest BCUT2D eigenvalue weighted by molar-refractivity contribution is -0.00000530. The maximum atomic E-state index is 4.67. The molecule has 0 saturated heterocycles. The van der Waals surface area contributed by atoms with Crippen LogP contribution in [0.25, 0.3) is 0 Å². The normalized spacial score (nSPS) is 10.4. The number of pyridine rings is 1. The molecular formula is C24H22Cl2NP. The largest absolute Gasteiger partial charge is 1.00 e. The summed E-state index contributed by atoms with van der Waals surface area (Å²) >= 11 is 0. The van der Waals surface area contributed by atoms with Crippen LogP contribution in [-0.4, -0.2) is 4.98 Å². The van der Waals surface area contributed by atoms with Crippen molar-refractivity contribution in [2.45, 2.75) is 6.16 Å². The van der Waals surface area contributed by atoms with Gasteiger partial charge >= 0.3 is 0 Å². The van der Waals surface area contributed by atoms with Crippen molar-refractivity contribution in [1.82, 2.24) is 4.98 Å². The summed E-state index contributed by atoms with van der Waals surface area (Å²) in [6, 6.07) is 39.0. The van der Waals surface area contributed by atoms with E-state index in [1.807, 2.05) is 12.3 Å². The molecule has 0 radical (unpaired) electrons. The third-order valence-corrected chi connectivity index (χ3v) is 9.05. The Morgan fingerprint density at radius 1 is 0.536 bits per heavy atom. The van der Waals surface area contributed by atoms with Gasteiger partial charge in [0.05, 0.1) is 5.69 Å². The lowest BCUT2D eigenvalue weighted by Crippen LogP contribution is -3.00. The van der Waals surface area contributed by atoms with E-state index in [-0.39, 0.29) is 24.8 Å². The van der Waals surface area contributed by atoms with E-state index in [1.54, 1.807) is 0 Å². The first-order chi connectivity index (χ1) is 12.9. The molecule has 4 aromatic rings. The number of halogens is 2. The van der Waals surface area contributed by atoms with E-state index in [0.29, 0.717) is 0 Å². The van der Waals surface area contributed by atoms with Gasteiger partial charge in [-0.15, -0.1) is 12.4 Å². The molecular weight excluding hydrogens is 404 g/mol. The van der Waals surface area contributed by atoms with Crippen LogP contribution in [0, 0.1) is 0 Å². The molecule has 0 amide bonds. The SMILES string of the molecule is Cl.[Cl-].c1ccc([P+](Cc2ccccn2)(c2ccccc2)c2ccccc2)cc1. The van der Waals surface area contributed by atoms with Crippen molar-refractivity contribution in [2.24, 2.45) is 0 Å². The zero-order chi connectivity index (χ0) is 17.7. The van der Waals surface area contributed by atoms with Gasteiger partial charge in [0.1, 0.15) is 29.3 Å². The molecule has 0 saturated carbocycles. The van der Waals surface area contributed by atoms with Crippen LogP contribution in [0.1, 0.15) is 5.69 Å². The number of benzene rings is 3. The third kappa shape index (κ3) is 4.45. The highest BCUT2D eigenvalue weighted by atomic mass is 35.5. The molecule has 0 atom stereocenters. The first-order valence-corrected chi connectivity index (χ1v) is 10.8. The molecule has 1 heterocycles. The number of rotatable bonds is 5. The summed E-state index contributed by atoms with van der Waals surface area (Å²) < 4.78 is 0. The van der Waals surface area contributed by atoms with E-state index < -0.39 is 7.26 Å². The summed E-state index contributed by atoms with van der Waals surface area (Å²) in [7, 11) is -1.84. The number of hydrogen-bond donors (Lipinski definition) is 0. The first-order valence-electron chi connectivity index (χ1n) is 8.84. The summed E-state index contributed by atoms with van der Waals surface area (Å²) in [5, 5.41) is 4.18. The first kappa shape index (κ1) is 22.1. The highest BCUT2D eigenvalue weighted by molar-refractivity contribution is 7.95. The van der Waals surface area contributed by atoms with Gasteiger partial charge in [0.2, 0.25) is 0 Å². The molecule has 1 aromatic heterocycles. The molecule has 4 heteroatoms. The molecule has 0 unspecified atom stereocenters. The molecule has 0 bridgehead atoms. The van der Waals surface area contributed by atoms with E-state index in [4.69, 9.17) is 0 Å². The average molecular weight is 426 g/mol. The minimum Gasteiger partial charge on any atom is -1.00 e. The summed E-state index contributed by atoms with van der Waals surface area (Å²) in [5.41, 5.74) is 1.14. The zero-order valence-corrected chi connectivity index (χ0v) is 17.8. The average Bonchev–Trinajstić information content (AvgIpc) is 2.75. The predicted molar refractivity (Wildman–Crippen MR) is 120 cm³/mol. The van der Waals surface area contributed by atoms with Crippen LogP contribution in [0.2, 0.25) is 0 Å². The second kappa shape index (κ2) is 10.4. The van der Waals surface area contributed by atoms with Crippen LogP contribution in [0.5, 0.6) is 0 Å². The van der Waals surface area contributed by atoms with Crippen molar-refractivity contribution in [2.75, 3.05) is 0 Å². The second-order valence-corrected chi connectivity index (χ2v) is 9.78. The molecule has 4 rings (SSSR count). The van der Waals surface area contributed by atoms with Gasteiger partial charge in [0.15, 0.2) is 0 Å². The Morgan fingerprint density at radius 2 is 0.929 bits per heavy atom. The predicted octanol–water partition coefficient (Wildman–Crippen LogP) is 2.00. The molecule has 0 aliphatic heterocycles. The summed E-state index contributed by atoms with van der Waals surface area (Å²) in [5.74, 6) is 0. The molecule has 0 N–H and O–H groups in total. The molecule has 0 fully saturated rings. The standard InChI is InChI=1S/C24H21NP.2ClH/c1-4-13-22(14-5-1)26(23-15-6-2-7-16-23,24-17-8-3-9-18-24)20-21-12-10-11-19-25-21;;/h1-19H,20H2;2*1H/q+1;;/p-1. The van der Waals surface area contributed by atoms with Crippen molar-refractivity contribution in [3.63, 3.8) is 0 Å². The maximum absolute atomic E-state index is 4.67. The molecule has 142 valence electrons. The molecule has 1 nitrogen and oxygen atoms in total. The smallest absolute Gasteiger partial charge is 0.118 e. The Balaban J connectivity index is 0.00000140. The van der Waals surface area contributed by atoms with E-state index >= 15 is 0 Å². The number of nitrogens with zero attached hydrogens (tertiary/aromatic N) is 1. The van der Waals surface area contributed by atoms with E-state index in [9.17, 15) is 0 Å². The lowest BCUT2D eigenvalue weighted by Gasteiger charge is -2.27. The topological polar surface area (TPSA) is 12.9 Å². The molecule has 0 aliphatic carbocycles. The maximum Gasteiger partial charge on any atom is 0.118 e. The second-order valence-electron chi connectivity index (χ2n) is 6.30. The fraction of sp³-hybridized carbons (Fsp3) is 0.0417. The van der Waals surface area contributed by atoms with E-state index in [0.717, 1.165) is 11.9 Å². The van der Waals surface area contributed by atoms with Gasteiger partial charge in [-0.25, -0.2) is 0 Å². The minimum absolute atomic E-state index is 0. The monoisotopic (exact) mass is 425 g/mol. The van der Waals surface area contributed by atoms with Gasteiger partial charge in [-0.3, -0.25) is 4.98 Å². The van der Waals surface area contributed by atoms with Crippen LogP contribution in [0.3, 0.4) is 0 Å². The third-order valence-electron chi connectivity index (χ3n) is 4.72. The summed E-state index contributed by atoms with van der Waals surface area (Å²) in [4.78, 5) is 4.67. The van der Waals surface area contributed by atoms with Crippen LogP contribution in [0.4, 0.5) is 0 Å². The van der Waals surface area contributed by atoms with Crippen molar-refractivity contribution in [3.8, 4) is 0 Å². The summed E-state index contributed by atoms with van der Waals surface area (Å²) in [6.07, 6.45) is 2.82. The van der Waals surface area contributed by atoms with Gasteiger partial charge in [-0.05, 0) is 48.5 Å². The van der Waals surface area contributed by atoms with Crippen molar-refractivity contribution < 1.29 is 12.4 Å². The Kier molecular flexibility index (Phi) is 8.20. The minimum atomic E-state index is -1.84. The van der Waals surface area contributed by atoms with Gasteiger partial charge in [-0.2, -0.15) is 0 Å². The molecule has 28 heavy (non-hydrogen) atoms. The number of hydrogen-bond acceptors (Lipinski definition) is 1. The molecule has 0 spiro atoms. The van der Waals surface area contributed by atoms with Crippen molar-refractivity contribution >= 4 is 35.6 Å². The Labute approximate surface area is 180 Å². The molecule has 3 aromatic carbocycles. The zero-order valence-electron chi connectivity index (χ0n) is 15.4. The fourth-order valence-electron chi connectivity index (χ4n) is 3.50. The Morgan fingerprint density at radius 3 is 1.29 bits per heavy atom. The van der Waals surface area contributed by atoms with Crippen LogP contribution in [0.15, 0.2) is 115 Å². The summed E-state index contributed by atoms with van der Waals surface area (Å²) in [6.45, 7) is 0. The Hall–Kier alpha value is -2.18. The number of aromatic nitrogens is 1. The van der Waals surface area contributed by atoms with Crippen LogP contribution < -0.4 is 28.3 Å². The van der Waals surface area contributed by atoms with Gasteiger partial charge in [0.25, 0.3) is 0 Å². The van der Waals surface area contributed by atoms with Gasteiger partial charge < -0.3 is 12.4 Å². The van der Waals surface area contributed by atoms with Gasteiger partial charge in [0, 0.05) is 6.20 Å². The van der Waals surface area contributed by atoms with Gasteiger partial charge in [-0.1, -0.05) is 60.7 Å².